The van der Waals surface area contributed by atoms with Gasteiger partial charge in [-0.15, -0.1) is 0 Å². The molecule has 0 radical (unpaired) electrons. The third kappa shape index (κ3) is 4.59. The van der Waals surface area contributed by atoms with E-state index in [2.05, 4.69) is 0 Å². The van der Waals surface area contributed by atoms with Gasteiger partial charge in [-0.2, -0.15) is 0 Å². The summed E-state index contributed by atoms with van der Waals surface area (Å²) in [5.41, 5.74) is 1.93. The number of fused-ring (bicyclic) bond motifs is 1. The summed E-state index contributed by atoms with van der Waals surface area (Å²) in [6.45, 7) is 2.91. The van der Waals surface area contributed by atoms with Gasteiger partial charge in [-0.05, 0) is 36.1 Å². The highest BCUT2D eigenvalue weighted by atomic mass is 35.5. The van der Waals surface area contributed by atoms with Crippen molar-refractivity contribution in [1.29, 1.82) is 0 Å². The summed E-state index contributed by atoms with van der Waals surface area (Å²) in [5, 5.41) is 0.480. The predicted octanol–water partition coefficient (Wildman–Crippen LogP) is 3.86. The number of amides is 1. The molecule has 2 aromatic rings. The Balaban J connectivity index is 1.50. The number of hydrogen-bond acceptors (Lipinski definition) is 4. The highest BCUT2D eigenvalue weighted by Gasteiger charge is 2.24. The molecule has 2 heterocycles. The molecule has 148 valence electrons. The molecule has 0 aromatic heterocycles. The van der Waals surface area contributed by atoms with Crippen LogP contribution in [0.4, 0.5) is 0 Å². The molecule has 1 unspecified atom stereocenters. The molecule has 6 heteroatoms. The normalized spacial score (nSPS) is 18.1. The highest BCUT2D eigenvalue weighted by Crippen LogP contribution is 2.38. The quantitative estimate of drug-likeness (QED) is 0.737. The van der Waals surface area contributed by atoms with Crippen molar-refractivity contribution < 1.29 is 19.0 Å². The lowest BCUT2D eigenvalue weighted by Crippen LogP contribution is -2.37. The van der Waals surface area contributed by atoms with Crippen LogP contribution in [-0.4, -0.2) is 43.3 Å². The predicted molar refractivity (Wildman–Crippen MR) is 107 cm³/mol. The molecule has 28 heavy (non-hydrogen) atoms. The second kappa shape index (κ2) is 8.84. The number of benzene rings is 2. The van der Waals surface area contributed by atoms with E-state index >= 15 is 0 Å². The maximum atomic E-state index is 13.1. The van der Waals surface area contributed by atoms with Crippen molar-refractivity contribution in [2.24, 2.45) is 0 Å². The van der Waals surface area contributed by atoms with E-state index in [0.717, 1.165) is 30.6 Å². The van der Waals surface area contributed by atoms with E-state index in [-0.39, 0.29) is 18.4 Å². The number of ether oxygens (including phenoxy) is 3. The maximum absolute atomic E-state index is 13.1. The van der Waals surface area contributed by atoms with Gasteiger partial charge in [0.1, 0.15) is 13.2 Å². The van der Waals surface area contributed by atoms with Gasteiger partial charge in [0.15, 0.2) is 11.5 Å². The summed E-state index contributed by atoms with van der Waals surface area (Å²) >= 11 is 6.33. The fraction of sp³-hybridized carbons (Fsp3) is 0.409. The van der Waals surface area contributed by atoms with E-state index in [0.29, 0.717) is 42.8 Å². The van der Waals surface area contributed by atoms with Crippen molar-refractivity contribution in [3.8, 4) is 11.5 Å². The van der Waals surface area contributed by atoms with Gasteiger partial charge in [-0.3, -0.25) is 4.79 Å². The number of rotatable bonds is 6. The number of carbonyl (C=O) groups is 1. The minimum Gasteiger partial charge on any atom is -0.486 e. The van der Waals surface area contributed by atoms with Gasteiger partial charge in [0, 0.05) is 19.7 Å². The lowest BCUT2D eigenvalue weighted by atomic mass is 10.1. The lowest BCUT2D eigenvalue weighted by Gasteiger charge is -2.26. The van der Waals surface area contributed by atoms with E-state index < -0.39 is 0 Å². The number of nitrogens with zero attached hydrogens (tertiary/aromatic N) is 1. The van der Waals surface area contributed by atoms with Crippen LogP contribution >= 0.6 is 11.6 Å². The topological polar surface area (TPSA) is 48.0 Å². The Morgan fingerprint density at radius 3 is 2.68 bits per heavy atom. The van der Waals surface area contributed by atoms with Crippen LogP contribution in [0.3, 0.4) is 0 Å². The number of halogens is 1. The molecule has 1 saturated heterocycles. The van der Waals surface area contributed by atoms with Gasteiger partial charge >= 0.3 is 0 Å². The molecule has 2 aliphatic heterocycles. The highest BCUT2D eigenvalue weighted by molar-refractivity contribution is 6.32. The van der Waals surface area contributed by atoms with Crippen LogP contribution in [0, 0.1) is 0 Å². The molecule has 5 nitrogen and oxygen atoms in total. The molecule has 1 fully saturated rings. The van der Waals surface area contributed by atoms with E-state index in [9.17, 15) is 4.79 Å². The van der Waals surface area contributed by atoms with E-state index in [1.54, 1.807) is 6.07 Å². The van der Waals surface area contributed by atoms with Gasteiger partial charge < -0.3 is 19.1 Å². The van der Waals surface area contributed by atoms with Crippen LogP contribution in [0.25, 0.3) is 0 Å². The fourth-order valence-corrected chi connectivity index (χ4v) is 3.93. The third-order valence-corrected chi connectivity index (χ3v) is 5.31. The molecule has 0 aliphatic carbocycles. The zero-order valence-corrected chi connectivity index (χ0v) is 16.5. The SMILES string of the molecule is O=C(Cc1cc(Cl)c2c(c1)OCCO2)N(Cc1ccccc1)CC1CCCO1. The lowest BCUT2D eigenvalue weighted by molar-refractivity contribution is -0.132. The van der Waals surface area contributed by atoms with Gasteiger partial charge in [-0.25, -0.2) is 0 Å². The Labute approximate surface area is 170 Å². The molecule has 0 spiro atoms. The fourth-order valence-electron chi connectivity index (χ4n) is 3.65. The van der Waals surface area contributed by atoms with E-state index in [4.69, 9.17) is 25.8 Å². The molecular weight excluding hydrogens is 378 g/mol. The summed E-state index contributed by atoms with van der Waals surface area (Å²) in [4.78, 5) is 15.0. The van der Waals surface area contributed by atoms with Gasteiger partial charge in [-0.1, -0.05) is 41.9 Å². The molecule has 1 amide bonds. The number of hydrogen-bond donors (Lipinski definition) is 0. The van der Waals surface area contributed by atoms with E-state index in [1.165, 1.54) is 0 Å². The van der Waals surface area contributed by atoms with Crippen molar-refractivity contribution in [3.63, 3.8) is 0 Å². The summed E-state index contributed by atoms with van der Waals surface area (Å²) in [6.07, 6.45) is 2.41. The molecule has 0 N–H and O–H groups in total. The molecular formula is C22H24ClNO4. The summed E-state index contributed by atoms with van der Waals surface area (Å²) in [5.74, 6) is 1.21. The molecule has 2 aromatic carbocycles. The average molecular weight is 402 g/mol. The van der Waals surface area contributed by atoms with Crippen LogP contribution in [0.1, 0.15) is 24.0 Å². The second-order valence-corrected chi connectivity index (χ2v) is 7.58. The Kier molecular flexibility index (Phi) is 6.03. The molecule has 0 saturated carbocycles. The maximum Gasteiger partial charge on any atom is 0.227 e. The first-order valence-corrected chi connectivity index (χ1v) is 10.1. The van der Waals surface area contributed by atoms with Gasteiger partial charge in [0.2, 0.25) is 5.91 Å². The van der Waals surface area contributed by atoms with Gasteiger partial charge in [0.05, 0.1) is 17.5 Å². The Hall–Kier alpha value is -2.24. The van der Waals surface area contributed by atoms with Crippen molar-refractivity contribution in [2.75, 3.05) is 26.4 Å². The Morgan fingerprint density at radius 1 is 1.07 bits per heavy atom. The molecule has 1 atom stereocenters. The Morgan fingerprint density at radius 2 is 1.89 bits per heavy atom. The summed E-state index contributed by atoms with van der Waals surface area (Å²) < 4.78 is 17.0. The summed E-state index contributed by atoms with van der Waals surface area (Å²) in [7, 11) is 0. The van der Waals surface area contributed by atoms with Crippen molar-refractivity contribution in [1.82, 2.24) is 4.90 Å². The smallest absolute Gasteiger partial charge is 0.227 e. The van der Waals surface area contributed by atoms with Crippen molar-refractivity contribution in [2.45, 2.75) is 31.9 Å². The molecule has 2 aliphatic rings. The largest absolute Gasteiger partial charge is 0.486 e. The first kappa shape index (κ1) is 19.1. The van der Waals surface area contributed by atoms with Gasteiger partial charge in [0.25, 0.3) is 0 Å². The first-order chi connectivity index (χ1) is 13.7. The van der Waals surface area contributed by atoms with Crippen molar-refractivity contribution >= 4 is 17.5 Å². The van der Waals surface area contributed by atoms with E-state index in [1.807, 2.05) is 41.3 Å². The van der Waals surface area contributed by atoms with Crippen LogP contribution in [-0.2, 0) is 22.5 Å². The zero-order chi connectivity index (χ0) is 19.3. The van der Waals surface area contributed by atoms with Crippen molar-refractivity contribution in [3.05, 3.63) is 58.6 Å². The third-order valence-electron chi connectivity index (χ3n) is 5.03. The summed E-state index contributed by atoms with van der Waals surface area (Å²) in [6, 6.07) is 13.7. The average Bonchev–Trinajstić information content (AvgIpc) is 3.21. The van der Waals surface area contributed by atoms with Crippen LogP contribution in [0.15, 0.2) is 42.5 Å². The molecule has 0 bridgehead atoms. The van der Waals surface area contributed by atoms with Crippen LogP contribution in [0.2, 0.25) is 5.02 Å². The Bertz CT molecular complexity index is 821. The van der Waals surface area contributed by atoms with Crippen LogP contribution < -0.4 is 9.47 Å². The van der Waals surface area contributed by atoms with Crippen LogP contribution in [0.5, 0.6) is 11.5 Å². The minimum absolute atomic E-state index is 0.0482. The monoisotopic (exact) mass is 401 g/mol. The number of carbonyl (C=O) groups excluding carboxylic acids is 1. The molecule has 4 rings (SSSR count). The first-order valence-electron chi connectivity index (χ1n) is 9.70. The standard InChI is InChI=1S/C22H24ClNO4/c23-19-11-17(12-20-22(19)28-10-9-27-20)13-21(25)24(15-18-7-4-8-26-18)14-16-5-2-1-3-6-16/h1-3,5-6,11-12,18H,4,7-10,13-15H2. The zero-order valence-electron chi connectivity index (χ0n) is 15.7. The minimum atomic E-state index is 0.0482. The second-order valence-electron chi connectivity index (χ2n) is 7.17.